The molecule has 1 atom stereocenters. The van der Waals surface area contributed by atoms with E-state index in [1.807, 2.05) is 37.3 Å². The lowest BCUT2D eigenvalue weighted by Gasteiger charge is -2.26. The Bertz CT molecular complexity index is 1370. The van der Waals surface area contributed by atoms with Crippen LogP contribution >= 0.6 is 0 Å². The fourth-order valence-corrected chi connectivity index (χ4v) is 3.60. The van der Waals surface area contributed by atoms with E-state index in [1.165, 1.54) is 6.34 Å². The van der Waals surface area contributed by atoms with Crippen LogP contribution in [0.25, 0.3) is 16.5 Å². The molecule has 0 fully saturated rings. The van der Waals surface area contributed by atoms with Crippen LogP contribution in [0.4, 0.5) is 0 Å². The highest BCUT2D eigenvalue weighted by Gasteiger charge is 2.35. The minimum atomic E-state index is -0.698. The van der Waals surface area contributed by atoms with Gasteiger partial charge in [0.1, 0.15) is 23.6 Å². The second-order valence-corrected chi connectivity index (χ2v) is 6.93. The molecule has 152 valence electrons. The third-order valence-electron chi connectivity index (χ3n) is 5.09. The van der Waals surface area contributed by atoms with Gasteiger partial charge in [-0.05, 0) is 42.5 Å². The van der Waals surface area contributed by atoms with E-state index in [0.717, 1.165) is 16.7 Å². The first-order valence-corrected chi connectivity index (χ1v) is 9.43. The first-order valence-electron chi connectivity index (χ1n) is 9.43. The number of allylic oxidation sites excluding steroid dienone is 2. The van der Waals surface area contributed by atoms with Crippen molar-refractivity contribution in [3.63, 3.8) is 0 Å². The number of para-hydroxylation sites is 1. The van der Waals surface area contributed by atoms with E-state index in [1.54, 1.807) is 24.4 Å². The summed E-state index contributed by atoms with van der Waals surface area (Å²) in [4.78, 5) is 20.5. The molecule has 3 aromatic rings. The van der Waals surface area contributed by atoms with E-state index in [-0.39, 0.29) is 17.0 Å². The van der Waals surface area contributed by atoms with Crippen LogP contribution in [0.5, 0.6) is 5.75 Å². The lowest BCUT2D eigenvalue weighted by molar-refractivity contribution is 0.388. The first kappa shape index (κ1) is 19.9. The zero-order valence-electron chi connectivity index (χ0n) is 16.7. The van der Waals surface area contributed by atoms with Crippen molar-refractivity contribution >= 4 is 29.6 Å². The predicted octanol–water partition coefficient (Wildman–Crippen LogP) is 4.10. The number of nitrogens with zero attached hydrogens (tertiary/aromatic N) is 3. The number of hydrogen-bond acceptors (Lipinski definition) is 6. The van der Waals surface area contributed by atoms with Crippen molar-refractivity contribution in [2.75, 3.05) is 0 Å². The van der Waals surface area contributed by atoms with Gasteiger partial charge in [-0.3, -0.25) is 4.99 Å². The summed E-state index contributed by atoms with van der Waals surface area (Å²) in [6, 6.07) is 16.6. The molecule has 2 heterocycles. The molecular formula is C24H18N4O3. The van der Waals surface area contributed by atoms with E-state index >= 15 is 0 Å². The van der Waals surface area contributed by atoms with E-state index in [9.17, 15) is 10.1 Å². The number of benzene rings is 2. The van der Waals surface area contributed by atoms with Gasteiger partial charge in [-0.1, -0.05) is 36.4 Å². The molecule has 0 spiro atoms. The Balaban J connectivity index is 1.87. The molecule has 1 aliphatic heterocycles. The Kier molecular flexibility index (Phi) is 5.21. The van der Waals surface area contributed by atoms with Crippen molar-refractivity contribution < 1.29 is 9.15 Å². The van der Waals surface area contributed by atoms with Crippen molar-refractivity contribution in [3.05, 3.63) is 93.3 Å². The van der Waals surface area contributed by atoms with Gasteiger partial charge in [-0.25, -0.2) is 9.79 Å². The zero-order chi connectivity index (χ0) is 22.0. The molecule has 0 radical (unpaired) electrons. The van der Waals surface area contributed by atoms with E-state index in [2.05, 4.69) is 22.8 Å². The average Bonchev–Trinajstić information content (AvgIpc) is 2.78. The minimum absolute atomic E-state index is 0.0258. The smallest absolute Gasteiger partial charge is 0.344 e. The summed E-state index contributed by atoms with van der Waals surface area (Å²) in [6.45, 7) is 5.26. The Morgan fingerprint density at radius 2 is 1.97 bits per heavy atom. The molecule has 0 bridgehead atoms. The maximum absolute atomic E-state index is 12.9. The number of nitrogens with two attached hydrogens (primary N) is 1. The van der Waals surface area contributed by atoms with Crippen molar-refractivity contribution in [3.8, 4) is 11.8 Å². The van der Waals surface area contributed by atoms with Gasteiger partial charge in [0.25, 0.3) is 0 Å². The Morgan fingerprint density at radius 1 is 1.23 bits per heavy atom. The van der Waals surface area contributed by atoms with Crippen LogP contribution < -0.4 is 16.1 Å². The van der Waals surface area contributed by atoms with E-state index in [4.69, 9.17) is 14.9 Å². The normalized spacial score (nSPS) is 16.1. The van der Waals surface area contributed by atoms with E-state index < -0.39 is 11.5 Å². The van der Waals surface area contributed by atoms with Crippen molar-refractivity contribution in [2.24, 2.45) is 15.7 Å². The van der Waals surface area contributed by atoms with Crippen LogP contribution in [0.3, 0.4) is 0 Å². The highest BCUT2D eigenvalue weighted by molar-refractivity contribution is 5.86. The summed E-state index contributed by atoms with van der Waals surface area (Å²) < 4.78 is 11.2. The van der Waals surface area contributed by atoms with Crippen molar-refractivity contribution in [2.45, 2.75) is 12.8 Å². The standard InChI is InChI=1S/C24H18N4O3/c1-14(12-28-13-27-2)15-7-9-16(10-8-15)20-18(11-25)23(26)31-22-17-5-3-4-6-19(17)30-24(29)21(20)22/h3-10,12-13,20H,2,26H2,1H3/b14-12+,28-13?. The fraction of sp³-hybridized carbons (Fsp3) is 0.0833. The number of ether oxygens (including phenoxy) is 1. The maximum Gasteiger partial charge on any atom is 0.344 e. The molecule has 0 amide bonds. The molecule has 1 unspecified atom stereocenters. The fourth-order valence-electron chi connectivity index (χ4n) is 3.60. The van der Waals surface area contributed by atoms with Crippen LogP contribution in [-0.2, 0) is 0 Å². The molecule has 1 aromatic heterocycles. The monoisotopic (exact) mass is 410 g/mol. The number of hydrogen-bond donors (Lipinski definition) is 1. The van der Waals surface area contributed by atoms with Gasteiger partial charge in [0.05, 0.1) is 16.9 Å². The van der Waals surface area contributed by atoms with Crippen LogP contribution in [0.1, 0.15) is 29.5 Å². The molecule has 7 nitrogen and oxygen atoms in total. The van der Waals surface area contributed by atoms with Crippen molar-refractivity contribution in [1.82, 2.24) is 0 Å². The molecule has 7 heteroatoms. The summed E-state index contributed by atoms with van der Waals surface area (Å²) in [5.74, 6) is -0.405. The number of rotatable bonds is 4. The number of aliphatic imine (C=N–C) groups is 2. The van der Waals surface area contributed by atoms with Crippen LogP contribution in [-0.4, -0.2) is 13.1 Å². The SMILES string of the molecule is C=NC=N/C=C(\C)c1ccc(C2C(C#N)=C(N)Oc3c2c(=O)oc2ccccc32)cc1. The highest BCUT2D eigenvalue weighted by atomic mass is 16.5. The van der Waals surface area contributed by atoms with Gasteiger partial charge in [0.2, 0.25) is 5.88 Å². The second kappa shape index (κ2) is 8.13. The molecule has 4 rings (SSSR count). The molecule has 31 heavy (non-hydrogen) atoms. The number of nitriles is 1. The Hall–Kier alpha value is -4.44. The quantitative estimate of drug-likeness (QED) is 0.395. The number of fused-ring (bicyclic) bond motifs is 3. The van der Waals surface area contributed by atoms with Gasteiger partial charge in [0.15, 0.2) is 5.75 Å². The van der Waals surface area contributed by atoms with Crippen LogP contribution in [0, 0.1) is 11.3 Å². The third-order valence-corrected chi connectivity index (χ3v) is 5.09. The van der Waals surface area contributed by atoms with Crippen molar-refractivity contribution in [1.29, 1.82) is 5.26 Å². The topological polar surface area (TPSA) is 114 Å². The summed E-state index contributed by atoms with van der Waals surface area (Å²) in [7, 11) is 0. The molecule has 0 saturated carbocycles. The summed E-state index contributed by atoms with van der Waals surface area (Å²) >= 11 is 0. The lowest BCUT2D eigenvalue weighted by Crippen LogP contribution is -2.26. The summed E-state index contributed by atoms with van der Waals surface area (Å²) in [5.41, 5.74) is 8.90. The average molecular weight is 410 g/mol. The largest absolute Gasteiger partial charge is 0.439 e. The van der Waals surface area contributed by atoms with Gasteiger partial charge in [-0.2, -0.15) is 5.26 Å². The lowest BCUT2D eigenvalue weighted by atomic mass is 9.83. The van der Waals surface area contributed by atoms with Gasteiger partial charge < -0.3 is 14.9 Å². The second-order valence-electron chi connectivity index (χ2n) is 6.93. The molecule has 0 saturated heterocycles. The minimum Gasteiger partial charge on any atom is -0.439 e. The van der Waals surface area contributed by atoms with Gasteiger partial charge >= 0.3 is 5.63 Å². The van der Waals surface area contributed by atoms with Crippen LogP contribution in [0.2, 0.25) is 0 Å². The molecule has 0 aliphatic carbocycles. The summed E-state index contributed by atoms with van der Waals surface area (Å²) in [6.07, 6.45) is 3.03. The first-order chi connectivity index (χ1) is 15.0. The molecule has 2 N–H and O–H groups in total. The Labute approximate surface area is 178 Å². The molecular weight excluding hydrogens is 392 g/mol. The van der Waals surface area contributed by atoms with E-state index in [0.29, 0.717) is 16.7 Å². The maximum atomic E-state index is 12.9. The third kappa shape index (κ3) is 3.51. The van der Waals surface area contributed by atoms with Crippen LogP contribution in [0.15, 0.2) is 85.4 Å². The zero-order valence-corrected chi connectivity index (χ0v) is 16.7. The predicted molar refractivity (Wildman–Crippen MR) is 120 cm³/mol. The van der Waals surface area contributed by atoms with Gasteiger partial charge in [0, 0.05) is 6.20 Å². The highest BCUT2D eigenvalue weighted by Crippen LogP contribution is 2.43. The Morgan fingerprint density at radius 3 is 2.68 bits per heavy atom. The summed E-state index contributed by atoms with van der Waals surface area (Å²) in [5, 5.41) is 10.4. The van der Waals surface area contributed by atoms with Gasteiger partial charge in [-0.15, -0.1) is 0 Å². The molecule has 1 aliphatic rings. The molecule has 2 aromatic carbocycles.